The lowest BCUT2D eigenvalue weighted by Gasteiger charge is -2.46. The highest BCUT2D eigenvalue weighted by atomic mass is 35.5. The summed E-state index contributed by atoms with van der Waals surface area (Å²) in [5.74, 6) is 0.262. The van der Waals surface area contributed by atoms with Crippen LogP contribution in [0.4, 0.5) is 5.69 Å². The van der Waals surface area contributed by atoms with Gasteiger partial charge in [-0.05, 0) is 30.9 Å². The lowest BCUT2D eigenvalue weighted by molar-refractivity contribution is -0.132. The molecule has 4 nitrogen and oxygen atoms in total. The molecule has 6 heteroatoms. The van der Waals surface area contributed by atoms with Crippen LogP contribution in [0.3, 0.4) is 0 Å². The van der Waals surface area contributed by atoms with Crippen molar-refractivity contribution in [1.82, 2.24) is 4.90 Å². The predicted octanol–water partition coefficient (Wildman–Crippen LogP) is 2.39. The van der Waals surface area contributed by atoms with Crippen molar-refractivity contribution in [3.8, 4) is 0 Å². The van der Waals surface area contributed by atoms with Gasteiger partial charge in [-0.2, -0.15) is 0 Å². The Hall–Kier alpha value is -0.810. The Bertz CT molecular complexity index is 520. The Morgan fingerprint density at radius 1 is 1.35 bits per heavy atom. The van der Waals surface area contributed by atoms with Gasteiger partial charge in [-0.25, -0.2) is 0 Å². The number of carbonyl (C=O) groups is 1. The third-order valence-corrected chi connectivity index (χ3v) is 4.56. The minimum atomic E-state index is -0.567. The van der Waals surface area contributed by atoms with E-state index in [2.05, 4.69) is 5.32 Å². The van der Waals surface area contributed by atoms with Crippen molar-refractivity contribution in [3.05, 3.63) is 28.2 Å². The Morgan fingerprint density at radius 3 is 2.50 bits per heavy atom. The van der Waals surface area contributed by atoms with Crippen molar-refractivity contribution >= 4 is 34.8 Å². The number of nitrogens with zero attached hydrogens (tertiary/aromatic N) is 1. The molecule has 20 heavy (non-hydrogen) atoms. The van der Waals surface area contributed by atoms with Crippen LogP contribution >= 0.6 is 23.2 Å². The van der Waals surface area contributed by atoms with Crippen LogP contribution in [0.25, 0.3) is 0 Å². The van der Waals surface area contributed by atoms with E-state index in [1.54, 1.807) is 18.2 Å². The van der Waals surface area contributed by atoms with E-state index in [9.17, 15) is 9.90 Å². The van der Waals surface area contributed by atoms with Crippen molar-refractivity contribution < 1.29 is 9.90 Å². The molecule has 2 fully saturated rings. The number of carbonyl (C=O) groups excluding carboxylic acids is 1. The number of halogens is 2. The van der Waals surface area contributed by atoms with Crippen LogP contribution in [0, 0.1) is 5.92 Å². The molecule has 1 aliphatic heterocycles. The molecule has 3 rings (SSSR count). The summed E-state index contributed by atoms with van der Waals surface area (Å²) >= 11 is 12.0. The van der Waals surface area contributed by atoms with Gasteiger partial charge in [-0.15, -0.1) is 0 Å². The summed E-state index contributed by atoms with van der Waals surface area (Å²) in [4.78, 5) is 13.9. The average molecular weight is 315 g/mol. The van der Waals surface area contributed by atoms with Crippen LogP contribution < -0.4 is 5.32 Å². The largest absolute Gasteiger partial charge is 0.387 e. The van der Waals surface area contributed by atoms with Crippen LogP contribution in [0.15, 0.2) is 18.2 Å². The molecule has 1 amide bonds. The summed E-state index contributed by atoms with van der Waals surface area (Å²) in [5, 5.41) is 13.8. The number of β-amino-alcohol motifs (C(OH)–C–C–N with tert-alkyl or cyclic N) is 1. The van der Waals surface area contributed by atoms with E-state index in [1.807, 2.05) is 4.90 Å². The third-order valence-electron chi connectivity index (χ3n) is 3.93. The SMILES string of the molecule is O=C(CN1CC(O)(C2CC2)C1)Nc1c(Cl)cccc1Cl. The highest BCUT2D eigenvalue weighted by Crippen LogP contribution is 2.44. The number of hydrogen-bond donors (Lipinski definition) is 2. The Labute approximate surface area is 127 Å². The quantitative estimate of drug-likeness (QED) is 0.897. The second kappa shape index (κ2) is 5.19. The summed E-state index contributed by atoms with van der Waals surface area (Å²) < 4.78 is 0. The Morgan fingerprint density at radius 2 is 1.95 bits per heavy atom. The first-order valence-electron chi connectivity index (χ1n) is 6.66. The zero-order chi connectivity index (χ0) is 14.3. The maximum atomic E-state index is 12.0. The smallest absolute Gasteiger partial charge is 0.238 e. The van der Waals surface area contributed by atoms with Crippen LogP contribution in [0.1, 0.15) is 12.8 Å². The van der Waals surface area contributed by atoms with E-state index in [1.165, 1.54) is 0 Å². The van der Waals surface area contributed by atoms with Gasteiger partial charge in [0.15, 0.2) is 0 Å². The van der Waals surface area contributed by atoms with Gasteiger partial charge in [0.05, 0.1) is 27.9 Å². The first-order valence-corrected chi connectivity index (χ1v) is 7.42. The zero-order valence-corrected chi connectivity index (χ0v) is 12.4. The minimum Gasteiger partial charge on any atom is -0.387 e. The normalized spacial score (nSPS) is 21.4. The lowest BCUT2D eigenvalue weighted by atomic mass is 9.89. The standard InChI is InChI=1S/C14H16Cl2N2O2/c15-10-2-1-3-11(16)13(10)17-12(19)6-18-7-14(20,8-18)9-4-5-9/h1-3,9,20H,4-8H2,(H,17,19). The fraction of sp³-hybridized carbons (Fsp3) is 0.500. The molecule has 2 aliphatic rings. The highest BCUT2D eigenvalue weighted by Gasteiger charge is 2.51. The molecular weight excluding hydrogens is 299 g/mol. The summed E-state index contributed by atoms with van der Waals surface area (Å²) in [5.41, 5.74) is -0.124. The van der Waals surface area contributed by atoms with Gasteiger partial charge in [0.2, 0.25) is 5.91 Å². The number of likely N-dealkylation sites (tertiary alicyclic amines) is 1. The molecule has 1 aromatic rings. The van der Waals surface area contributed by atoms with Gasteiger partial charge in [-0.1, -0.05) is 29.3 Å². The zero-order valence-electron chi connectivity index (χ0n) is 10.9. The average Bonchev–Trinajstić information content (AvgIpc) is 3.16. The molecule has 1 saturated heterocycles. The molecule has 1 saturated carbocycles. The molecule has 0 radical (unpaired) electrons. The number of para-hydroxylation sites is 1. The van der Waals surface area contributed by atoms with E-state index in [0.29, 0.717) is 34.7 Å². The molecule has 0 bridgehead atoms. The summed E-state index contributed by atoms with van der Waals surface area (Å²) in [6, 6.07) is 5.09. The lowest BCUT2D eigenvalue weighted by Crippen LogP contribution is -2.64. The first kappa shape index (κ1) is 14.1. The summed E-state index contributed by atoms with van der Waals surface area (Å²) in [6.45, 7) is 1.39. The van der Waals surface area contributed by atoms with Gasteiger partial charge in [0.1, 0.15) is 0 Å². The van der Waals surface area contributed by atoms with E-state index < -0.39 is 5.60 Å². The monoisotopic (exact) mass is 314 g/mol. The topological polar surface area (TPSA) is 52.6 Å². The number of rotatable bonds is 4. The van der Waals surface area contributed by atoms with Gasteiger partial charge < -0.3 is 10.4 Å². The van der Waals surface area contributed by atoms with Crippen molar-refractivity contribution in [3.63, 3.8) is 0 Å². The maximum absolute atomic E-state index is 12.0. The molecule has 0 unspecified atom stereocenters. The van der Waals surface area contributed by atoms with Crippen molar-refractivity contribution in [2.45, 2.75) is 18.4 Å². The first-order chi connectivity index (χ1) is 9.48. The molecule has 0 atom stereocenters. The molecule has 1 aliphatic carbocycles. The molecule has 108 valence electrons. The predicted molar refractivity (Wildman–Crippen MR) is 79.2 cm³/mol. The van der Waals surface area contributed by atoms with Gasteiger partial charge in [0, 0.05) is 13.1 Å². The number of anilines is 1. The van der Waals surface area contributed by atoms with Crippen LogP contribution in [-0.4, -0.2) is 41.1 Å². The van der Waals surface area contributed by atoms with Crippen molar-refractivity contribution in [2.75, 3.05) is 25.0 Å². The maximum Gasteiger partial charge on any atom is 0.238 e. The second-order valence-corrected chi connectivity index (χ2v) is 6.48. The number of hydrogen-bond acceptors (Lipinski definition) is 3. The van der Waals surface area contributed by atoms with E-state index in [-0.39, 0.29) is 12.5 Å². The molecule has 2 N–H and O–H groups in total. The van der Waals surface area contributed by atoms with E-state index >= 15 is 0 Å². The second-order valence-electron chi connectivity index (χ2n) is 5.67. The fourth-order valence-electron chi connectivity index (χ4n) is 2.72. The van der Waals surface area contributed by atoms with Crippen molar-refractivity contribution in [2.24, 2.45) is 5.92 Å². The highest BCUT2D eigenvalue weighted by molar-refractivity contribution is 6.39. The van der Waals surface area contributed by atoms with Crippen LogP contribution in [0.2, 0.25) is 10.0 Å². The number of aliphatic hydroxyl groups is 1. The summed E-state index contributed by atoms with van der Waals surface area (Å²) in [6.07, 6.45) is 2.21. The third kappa shape index (κ3) is 2.79. The minimum absolute atomic E-state index is 0.169. The molecule has 1 heterocycles. The number of nitrogens with one attached hydrogen (secondary N) is 1. The summed E-state index contributed by atoms with van der Waals surface area (Å²) in [7, 11) is 0. The van der Waals surface area contributed by atoms with Gasteiger partial charge in [-0.3, -0.25) is 9.69 Å². The fourth-order valence-corrected chi connectivity index (χ4v) is 3.21. The van der Waals surface area contributed by atoms with E-state index in [4.69, 9.17) is 23.2 Å². The van der Waals surface area contributed by atoms with Crippen molar-refractivity contribution in [1.29, 1.82) is 0 Å². The number of amides is 1. The van der Waals surface area contributed by atoms with E-state index in [0.717, 1.165) is 12.8 Å². The Balaban J connectivity index is 1.53. The van der Waals surface area contributed by atoms with Crippen LogP contribution in [-0.2, 0) is 4.79 Å². The van der Waals surface area contributed by atoms with Gasteiger partial charge >= 0.3 is 0 Å². The number of benzene rings is 1. The molecular formula is C14H16Cl2N2O2. The molecule has 0 aromatic heterocycles. The van der Waals surface area contributed by atoms with Gasteiger partial charge in [0.25, 0.3) is 0 Å². The molecule has 0 spiro atoms. The van der Waals surface area contributed by atoms with Crippen LogP contribution in [0.5, 0.6) is 0 Å². The Kier molecular flexibility index (Phi) is 3.67. The molecule has 1 aromatic carbocycles.